The zero-order chi connectivity index (χ0) is 17.8. The summed E-state index contributed by atoms with van der Waals surface area (Å²) in [6, 6.07) is 7.02. The quantitative estimate of drug-likeness (QED) is 0.499. The van der Waals surface area contributed by atoms with Crippen molar-refractivity contribution in [1.29, 1.82) is 0 Å². The van der Waals surface area contributed by atoms with Gasteiger partial charge >= 0.3 is 0 Å². The fourth-order valence-corrected chi connectivity index (χ4v) is 2.61. The fraction of sp³-hybridized carbons (Fsp3) is 0.529. The zero-order valence-corrected chi connectivity index (χ0v) is 15.3. The Labute approximate surface area is 147 Å². The first-order valence-electron chi connectivity index (χ1n) is 8.12. The van der Waals surface area contributed by atoms with Crippen LogP contribution in [-0.2, 0) is 9.59 Å². The number of ether oxygens (including phenoxy) is 2. The Morgan fingerprint density at radius 3 is 2.42 bits per heavy atom. The molecule has 1 atom stereocenters. The number of carbonyl (C=O) groups is 2. The molecule has 0 radical (unpaired) electrons. The first kappa shape index (κ1) is 20.2. The number of nitrogens with one attached hydrogen (secondary N) is 2. The summed E-state index contributed by atoms with van der Waals surface area (Å²) >= 11 is 1.55. The van der Waals surface area contributed by atoms with Crippen LogP contribution in [0.3, 0.4) is 0 Å². The van der Waals surface area contributed by atoms with Gasteiger partial charge < -0.3 is 9.47 Å². The van der Waals surface area contributed by atoms with Gasteiger partial charge in [0.25, 0.3) is 5.91 Å². The predicted octanol–water partition coefficient (Wildman–Crippen LogP) is 2.53. The molecule has 0 aliphatic rings. The number of hydrogen-bond acceptors (Lipinski definition) is 5. The van der Waals surface area contributed by atoms with Crippen LogP contribution in [0.2, 0.25) is 0 Å². The number of carbonyl (C=O) groups excluding carboxylic acids is 2. The second-order valence-electron chi connectivity index (χ2n) is 5.11. The number of benzene rings is 1. The molecular weight excluding hydrogens is 328 g/mol. The standard InChI is InChI=1S/C17H26N2O4S/c1-4-6-11-24-12-16(20)18-19-17(21)13(3)23-15-9-7-14(8-10-15)22-5-2/h7-10,13H,4-6,11-12H2,1-3H3,(H,18,20)(H,19,21). The van der Waals surface area contributed by atoms with E-state index >= 15 is 0 Å². The molecular formula is C17H26N2O4S. The van der Waals surface area contributed by atoms with Crippen molar-refractivity contribution in [2.75, 3.05) is 18.1 Å². The second-order valence-corrected chi connectivity index (χ2v) is 6.21. The highest BCUT2D eigenvalue weighted by atomic mass is 32.2. The van der Waals surface area contributed by atoms with E-state index in [1.807, 2.05) is 6.92 Å². The van der Waals surface area contributed by atoms with E-state index in [0.717, 1.165) is 24.3 Å². The van der Waals surface area contributed by atoms with E-state index in [2.05, 4.69) is 17.8 Å². The molecule has 0 spiro atoms. The minimum Gasteiger partial charge on any atom is -0.494 e. The first-order chi connectivity index (χ1) is 11.6. The maximum absolute atomic E-state index is 11.9. The topological polar surface area (TPSA) is 76.7 Å². The molecule has 0 heterocycles. The summed E-state index contributed by atoms with van der Waals surface area (Å²) in [6.07, 6.45) is 1.46. The Kier molecular flexibility index (Phi) is 9.76. The predicted molar refractivity (Wildman–Crippen MR) is 96.2 cm³/mol. The van der Waals surface area contributed by atoms with Crippen LogP contribution in [0.4, 0.5) is 0 Å². The molecule has 2 N–H and O–H groups in total. The molecule has 134 valence electrons. The van der Waals surface area contributed by atoms with Gasteiger partial charge in [0.05, 0.1) is 12.4 Å². The van der Waals surface area contributed by atoms with E-state index in [0.29, 0.717) is 18.1 Å². The molecule has 0 bridgehead atoms. The molecule has 1 aromatic carbocycles. The molecule has 1 aromatic rings. The van der Waals surface area contributed by atoms with Crippen molar-refractivity contribution in [3.63, 3.8) is 0 Å². The Balaban J connectivity index is 2.30. The summed E-state index contributed by atoms with van der Waals surface area (Å²) < 4.78 is 10.9. The van der Waals surface area contributed by atoms with Gasteiger partial charge in [-0.15, -0.1) is 0 Å². The first-order valence-corrected chi connectivity index (χ1v) is 9.28. The van der Waals surface area contributed by atoms with Gasteiger partial charge in [-0.25, -0.2) is 0 Å². The van der Waals surface area contributed by atoms with Crippen LogP contribution in [0.15, 0.2) is 24.3 Å². The van der Waals surface area contributed by atoms with Gasteiger partial charge in [-0.3, -0.25) is 20.4 Å². The van der Waals surface area contributed by atoms with E-state index in [1.165, 1.54) is 0 Å². The molecule has 24 heavy (non-hydrogen) atoms. The Morgan fingerprint density at radius 1 is 1.12 bits per heavy atom. The van der Waals surface area contributed by atoms with Crippen LogP contribution >= 0.6 is 11.8 Å². The number of hydrogen-bond donors (Lipinski definition) is 2. The van der Waals surface area contributed by atoms with Gasteiger partial charge in [-0.2, -0.15) is 11.8 Å². The summed E-state index contributed by atoms with van der Waals surface area (Å²) in [6.45, 7) is 6.23. The molecule has 0 saturated heterocycles. The smallest absolute Gasteiger partial charge is 0.279 e. The minimum absolute atomic E-state index is 0.224. The Bertz CT molecular complexity index is 508. The second kappa shape index (κ2) is 11.6. The molecule has 1 rings (SSSR count). The number of rotatable bonds is 10. The summed E-state index contributed by atoms with van der Waals surface area (Å²) in [5.74, 6) is 1.94. The van der Waals surface area contributed by atoms with Crippen molar-refractivity contribution in [2.24, 2.45) is 0 Å². The number of amides is 2. The van der Waals surface area contributed by atoms with Crippen LogP contribution in [0.25, 0.3) is 0 Å². The van der Waals surface area contributed by atoms with Crippen LogP contribution in [0.1, 0.15) is 33.6 Å². The van der Waals surface area contributed by atoms with Crippen LogP contribution in [0.5, 0.6) is 11.5 Å². The van der Waals surface area contributed by atoms with Gasteiger partial charge in [0, 0.05) is 0 Å². The van der Waals surface area contributed by atoms with Gasteiger partial charge in [0.2, 0.25) is 5.91 Å². The summed E-state index contributed by atoms with van der Waals surface area (Å²) in [4.78, 5) is 23.5. The SMILES string of the molecule is CCCCSCC(=O)NNC(=O)C(C)Oc1ccc(OCC)cc1. The number of unbranched alkanes of at least 4 members (excludes halogenated alkanes) is 1. The fourth-order valence-electron chi connectivity index (χ4n) is 1.72. The van der Waals surface area contributed by atoms with E-state index in [1.54, 1.807) is 43.0 Å². The molecule has 6 nitrogen and oxygen atoms in total. The lowest BCUT2D eigenvalue weighted by atomic mass is 10.3. The van der Waals surface area contributed by atoms with E-state index in [9.17, 15) is 9.59 Å². The average Bonchev–Trinajstić information content (AvgIpc) is 2.58. The monoisotopic (exact) mass is 354 g/mol. The van der Waals surface area contributed by atoms with Crippen molar-refractivity contribution in [3.05, 3.63) is 24.3 Å². The van der Waals surface area contributed by atoms with E-state index in [-0.39, 0.29) is 5.91 Å². The van der Waals surface area contributed by atoms with Crippen LogP contribution in [-0.4, -0.2) is 36.0 Å². The molecule has 2 amide bonds. The van der Waals surface area contributed by atoms with Gasteiger partial charge in [-0.1, -0.05) is 13.3 Å². The molecule has 1 unspecified atom stereocenters. The highest BCUT2D eigenvalue weighted by Gasteiger charge is 2.15. The summed E-state index contributed by atoms with van der Waals surface area (Å²) in [7, 11) is 0. The van der Waals surface area contributed by atoms with E-state index < -0.39 is 12.0 Å². The van der Waals surface area contributed by atoms with Crippen molar-refractivity contribution < 1.29 is 19.1 Å². The minimum atomic E-state index is -0.726. The molecule has 0 aliphatic carbocycles. The molecule has 7 heteroatoms. The lowest BCUT2D eigenvalue weighted by molar-refractivity contribution is -0.131. The maximum Gasteiger partial charge on any atom is 0.279 e. The van der Waals surface area contributed by atoms with Gasteiger partial charge in [0.1, 0.15) is 11.5 Å². The van der Waals surface area contributed by atoms with Gasteiger partial charge in [0.15, 0.2) is 6.10 Å². The van der Waals surface area contributed by atoms with Crippen LogP contribution < -0.4 is 20.3 Å². The third-order valence-electron chi connectivity index (χ3n) is 3.02. The lowest BCUT2D eigenvalue weighted by Crippen LogP contribution is -2.47. The van der Waals surface area contributed by atoms with Crippen LogP contribution in [0, 0.1) is 0 Å². The number of thioether (sulfide) groups is 1. The van der Waals surface area contributed by atoms with Crippen molar-refractivity contribution in [1.82, 2.24) is 10.9 Å². The Morgan fingerprint density at radius 2 is 1.79 bits per heavy atom. The number of hydrazine groups is 1. The average molecular weight is 354 g/mol. The molecule has 0 fully saturated rings. The highest BCUT2D eigenvalue weighted by Crippen LogP contribution is 2.18. The van der Waals surface area contributed by atoms with Gasteiger partial charge in [-0.05, 0) is 50.3 Å². The van der Waals surface area contributed by atoms with Crippen molar-refractivity contribution in [2.45, 2.75) is 39.7 Å². The van der Waals surface area contributed by atoms with E-state index in [4.69, 9.17) is 9.47 Å². The zero-order valence-electron chi connectivity index (χ0n) is 14.5. The third-order valence-corrected chi connectivity index (χ3v) is 4.06. The molecule has 0 saturated carbocycles. The summed E-state index contributed by atoms with van der Waals surface area (Å²) in [5, 5.41) is 0. The third kappa shape index (κ3) is 8.10. The van der Waals surface area contributed by atoms with Crippen molar-refractivity contribution >= 4 is 23.6 Å². The maximum atomic E-state index is 11.9. The lowest BCUT2D eigenvalue weighted by Gasteiger charge is -2.15. The molecule has 0 aliphatic heterocycles. The molecule has 0 aromatic heterocycles. The Hall–Kier alpha value is -1.89. The largest absolute Gasteiger partial charge is 0.494 e. The summed E-state index contributed by atoms with van der Waals surface area (Å²) in [5.41, 5.74) is 4.77. The normalized spacial score (nSPS) is 11.5. The highest BCUT2D eigenvalue weighted by molar-refractivity contribution is 7.99. The van der Waals surface area contributed by atoms with Crippen molar-refractivity contribution in [3.8, 4) is 11.5 Å².